The van der Waals surface area contributed by atoms with Crippen molar-refractivity contribution in [2.45, 2.75) is 30.2 Å². The highest BCUT2D eigenvalue weighted by molar-refractivity contribution is 5.24. The number of aliphatic hydroxyl groups excluding tert-OH is 2. The molecule has 0 aliphatic carbocycles. The molecular weight excluding hydrogens is 299 g/mol. The fraction of sp³-hybridized carbons (Fsp3) is 0.600. The van der Waals surface area contributed by atoms with Gasteiger partial charge < -0.3 is 25.8 Å². The van der Waals surface area contributed by atoms with Gasteiger partial charge in [-0.1, -0.05) is 0 Å². The molecule has 2 heterocycles. The Kier molecular flexibility index (Phi) is 3.70. The van der Waals surface area contributed by atoms with E-state index in [1.54, 1.807) is 0 Å². The number of aliphatic hydroxyl groups is 3. The van der Waals surface area contributed by atoms with E-state index in [0.717, 1.165) is 12.3 Å². The van der Waals surface area contributed by atoms with Crippen LogP contribution in [0.3, 0.4) is 0 Å². The number of anilines is 1. The zero-order chi connectivity index (χ0) is 16.0. The summed E-state index contributed by atoms with van der Waals surface area (Å²) in [5, 5.41) is 28.4. The quantitative estimate of drug-likeness (QED) is 0.516. The maximum Gasteiger partial charge on any atom is 0.424 e. The van der Waals surface area contributed by atoms with Crippen LogP contribution in [-0.4, -0.2) is 55.5 Å². The lowest BCUT2D eigenvalue weighted by Crippen LogP contribution is -2.58. The third kappa shape index (κ3) is 2.27. The van der Waals surface area contributed by atoms with Crippen molar-refractivity contribution in [2.75, 3.05) is 12.3 Å². The summed E-state index contributed by atoms with van der Waals surface area (Å²) < 4.78 is 44.5. The summed E-state index contributed by atoms with van der Waals surface area (Å²) in [4.78, 5) is 14.8. The minimum absolute atomic E-state index is 0.232. The van der Waals surface area contributed by atoms with Crippen LogP contribution in [0.1, 0.15) is 6.23 Å². The molecule has 1 aliphatic rings. The van der Waals surface area contributed by atoms with E-state index in [9.17, 15) is 28.2 Å². The van der Waals surface area contributed by atoms with Crippen molar-refractivity contribution in [3.63, 3.8) is 0 Å². The summed E-state index contributed by atoms with van der Waals surface area (Å²) in [5.41, 5.74) is 0.245. The number of hydrogen-bond acceptors (Lipinski definition) is 7. The van der Waals surface area contributed by atoms with E-state index in [-0.39, 0.29) is 5.82 Å². The number of aromatic nitrogens is 2. The first-order valence-corrected chi connectivity index (χ1v) is 5.71. The number of hydrogen-bond donors (Lipinski definition) is 4. The SMILES string of the molecule is Nc1ccn([C@@H]2O[C@H](CO)[C@@H](O)[C@@]2(O)C(F)(F)F)c(=O)n1. The van der Waals surface area contributed by atoms with Crippen molar-refractivity contribution in [1.82, 2.24) is 9.55 Å². The van der Waals surface area contributed by atoms with Crippen molar-refractivity contribution in [1.29, 1.82) is 0 Å². The fourth-order valence-electron chi connectivity index (χ4n) is 2.11. The molecule has 2 rings (SSSR count). The van der Waals surface area contributed by atoms with Gasteiger partial charge in [-0.15, -0.1) is 0 Å². The molecule has 1 saturated heterocycles. The van der Waals surface area contributed by atoms with E-state index in [1.165, 1.54) is 0 Å². The Morgan fingerprint density at radius 3 is 2.62 bits per heavy atom. The standard InChI is InChI=1S/C10H12F3N3O5/c11-10(12,13)9(20)6(18)4(3-17)21-7(9)16-2-1-5(14)15-8(16)19/h1-2,4,6-7,17-18,20H,3H2,(H2,14,15,19)/t4-,6-,7-,9+/m1/s1. The van der Waals surface area contributed by atoms with E-state index in [4.69, 9.17) is 15.6 Å². The topological polar surface area (TPSA) is 131 Å². The van der Waals surface area contributed by atoms with Crippen molar-refractivity contribution < 1.29 is 33.2 Å². The molecule has 4 atom stereocenters. The van der Waals surface area contributed by atoms with Crippen LogP contribution in [0.4, 0.5) is 19.0 Å². The molecule has 11 heteroatoms. The van der Waals surface area contributed by atoms with Crippen LogP contribution in [0.25, 0.3) is 0 Å². The molecule has 1 aliphatic heterocycles. The number of alkyl halides is 3. The van der Waals surface area contributed by atoms with E-state index in [1.807, 2.05) is 0 Å². The molecule has 0 saturated carbocycles. The van der Waals surface area contributed by atoms with Crippen molar-refractivity contribution in [3.05, 3.63) is 22.7 Å². The first-order chi connectivity index (χ1) is 9.62. The summed E-state index contributed by atoms with van der Waals surface area (Å²) >= 11 is 0. The summed E-state index contributed by atoms with van der Waals surface area (Å²) in [6.45, 7) is -0.979. The van der Waals surface area contributed by atoms with E-state index in [0.29, 0.717) is 4.57 Å². The molecule has 0 bridgehead atoms. The molecule has 0 radical (unpaired) electrons. The van der Waals surface area contributed by atoms with Crippen LogP contribution in [0, 0.1) is 0 Å². The van der Waals surface area contributed by atoms with Gasteiger partial charge in [-0.05, 0) is 6.07 Å². The second-order valence-electron chi connectivity index (χ2n) is 4.52. The Balaban J connectivity index is 2.57. The molecule has 5 N–H and O–H groups in total. The predicted octanol–water partition coefficient (Wildman–Crippen LogP) is -1.63. The molecule has 1 aromatic rings. The van der Waals surface area contributed by atoms with Gasteiger partial charge in [0.05, 0.1) is 6.61 Å². The summed E-state index contributed by atoms with van der Waals surface area (Å²) in [7, 11) is 0. The minimum atomic E-state index is -5.32. The lowest BCUT2D eigenvalue weighted by molar-refractivity contribution is -0.304. The van der Waals surface area contributed by atoms with Gasteiger partial charge in [0.1, 0.15) is 18.0 Å². The van der Waals surface area contributed by atoms with Gasteiger partial charge >= 0.3 is 11.9 Å². The van der Waals surface area contributed by atoms with Gasteiger partial charge in [0.15, 0.2) is 6.23 Å². The van der Waals surface area contributed by atoms with Gasteiger partial charge in [0.25, 0.3) is 0 Å². The number of halogens is 3. The lowest BCUT2D eigenvalue weighted by atomic mass is 9.93. The van der Waals surface area contributed by atoms with E-state index < -0.39 is 42.5 Å². The molecule has 21 heavy (non-hydrogen) atoms. The number of rotatable bonds is 2. The number of nitrogens with zero attached hydrogens (tertiary/aromatic N) is 2. The van der Waals surface area contributed by atoms with Gasteiger partial charge in [-0.3, -0.25) is 4.57 Å². The zero-order valence-electron chi connectivity index (χ0n) is 10.4. The molecule has 8 nitrogen and oxygen atoms in total. The highest BCUT2D eigenvalue weighted by Crippen LogP contribution is 2.47. The molecule has 0 amide bonds. The van der Waals surface area contributed by atoms with Crippen LogP contribution >= 0.6 is 0 Å². The summed E-state index contributed by atoms with van der Waals surface area (Å²) in [6, 6.07) is 1.03. The van der Waals surface area contributed by atoms with Crippen LogP contribution in [0.15, 0.2) is 17.1 Å². The van der Waals surface area contributed by atoms with Crippen molar-refractivity contribution in [3.8, 4) is 0 Å². The molecule has 0 aromatic carbocycles. The first-order valence-electron chi connectivity index (χ1n) is 5.71. The highest BCUT2D eigenvalue weighted by atomic mass is 19.4. The number of ether oxygens (including phenoxy) is 1. The summed E-state index contributed by atoms with van der Waals surface area (Å²) in [6.07, 6.45) is -11.0. The van der Waals surface area contributed by atoms with Crippen LogP contribution in [0.2, 0.25) is 0 Å². The van der Waals surface area contributed by atoms with Crippen LogP contribution < -0.4 is 11.4 Å². The minimum Gasteiger partial charge on any atom is -0.394 e. The summed E-state index contributed by atoms with van der Waals surface area (Å²) in [5.74, 6) is -0.232. The average Bonchev–Trinajstić information content (AvgIpc) is 2.63. The molecule has 1 aromatic heterocycles. The monoisotopic (exact) mass is 311 g/mol. The third-order valence-corrected chi connectivity index (χ3v) is 3.22. The maximum absolute atomic E-state index is 13.1. The highest BCUT2D eigenvalue weighted by Gasteiger charge is 2.70. The van der Waals surface area contributed by atoms with Gasteiger partial charge in [0, 0.05) is 6.20 Å². The van der Waals surface area contributed by atoms with Gasteiger partial charge in [-0.25, -0.2) is 4.79 Å². The molecular formula is C10H12F3N3O5. The number of nitrogen functional groups attached to an aromatic ring is 1. The van der Waals surface area contributed by atoms with Gasteiger partial charge in [-0.2, -0.15) is 18.2 Å². The Morgan fingerprint density at radius 2 is 2.14 bits per heavy atom. The van der Waals surface area contributed by atoms with Crippen molar-refractivity contribution >= 4 is 5.82 Å². The fourth-order valence-corrected chi connectivity index (χ4v) is 2.11. The Bertz CT molecular complexity index is 592. The molecule has 118 valence electrons. The first kappa shape index (κ1) is 15.7. The smallest absolute Gasteiger partial charge is 0.394 e. The average molecular weight is 311 g/mol. The van der Waals surface area contributed by atoms with Gasteiger partial charge in [0.2, 0.25) is 5.60 Å². The largest absolute Gasteiger partial charge is 0.424 e. The third-order valence-electron chi connectivity index (χ3n) is 3.22. The second kappa shape index (κ2) is 4.94. The lowest BCUT2D eigenvalue weighted by Gasteiger charge is -2.33. The van der Waals surface area contributed by atoms with E-state index in [2.05, 4.69) is 4.98 Å². The second-order valence-corrected chi connectivity index (χ2v) is 4.52. The molecule has 0 unspecified atom stereocenters. The van der Waals surface area contributed by atoms with Crippen LogP contribution in [0.5, 0.6) is 0 Å². The number of nitrogens with two attached hydrogens (primary N) is 1. The Hall–Kier alpha value is -1.69. The van der Waals surface area contributed by atoms with Crippen molar-refractivity contribution in [2.24, 2.45) is 0 Å². The normalized spacial score (nSPS) is 33.3. The Labute approximate surface area is 115 Å². The molecule has 1 fully saturated rings. The van der Waals surface area contributed by atoms with Crippen LogP contribution in [-0.2, 0) is 4.74 Å². The Morgan fingerprint density at radius 1 is 1.52 bits per heavy atom. The van der Waals surface area contributed by atoms with E-state index >= 15 is 0 Å². The zero-order valence-corrected chi connectivity index (χ0v) is 10.4. The molecule has 0 spiro atoms. The maximum atomic E-state index is 13.1. The predicted molar refractivity (Wildman–Crippen MR) is 60.9 cm³/mol.